The van der Waals surface area contributed by atoms with Crippen molar-refractivity contribution in [2.75, 3.05) is 26.2 Å². The van der Waals surface area contributed by atoms with Gasteiger partial charge in [-0.25, -0.2) is 4.98 Å². The van der Waals surface area contributed by atoms with E-state index in [1.165, 1.54) is 43.7 Å². The van der Waals surface area contributed by atoms with E-state index in [-0.39, 0.29) is 5.92 Å². The monoisotopic (exact) mass is 348 g/mol. The van der Waals surface area contributed by atoms with Gasteiger partial charge in [-0.2, -0.15) is 0 Å². The number of rotatable bonds is 5. The second kappa shape index (κ2) is 7.50. The van der Waals surface area contributed by atoms with Crippen LogP contribution in [-0.4, -0.2) is 59.0 Å². The van der Waals surface area contributed by atoms with Crippen molar-refractivity contribution in [2.24, 2.45) is 5.92 Å². The van der Waals surface area contributed by atoms with E-state index in [9.17, 15) is 4.79 Å². The minimum absolute atomic E-state index is 0.215. The van der Waals surface area contributed by atoms with Crippen molar-refractivity contribution in [1.29, 1.82) is 0 Å². The Bertz CT molecular complexity index is 537. The molecular formula is C18H28N4OS. The number of likely N-dealkylation sites (tertiary alicyclic amines) is 2. The van der Waals surface area contributed by atoms with E-state index in [1.807, 2.05) is 6.20 Å². The van der Waals surface area contributed by atoms with Gasteiger partial charge >= 0.3 is 0 Å². The Hall–Kier alpha value is -0.980. The van der Waals surface area contributed by atoms with Crippen molar-refractivity contribution in [3.8, 4) is 0 Å². The Balaban J connectivity index is 1.24. The largest absolute Gasteiger partial charge is 0.353 e. The molecule has 1 atom stereocenters. The Morgan fingerprint density at radius 1 is 1.21 bits per heavy atom. The second-order valence-corrected chi connectivity index (χ2v) is 8.53. The SMILES string of the molecule is O=C(NC1CC1)[C@H]1CCCN(C2CCN(Cc3nccs3)CC2)C1. The molecule has 1 aromatic heterocycles. The van der Waals surface area contributed by atoms with Crippen molar-refractivity contribution in [3.05, 3.63) is 16.6 Å². The summed E-state index contributed by atoms with van der Waals surface area (Å²) < 4.78 is 0. The van der Waals surface area contributed by atoms with Gasteiger partial charge in [-0.15, -0.1) is 11.3 Å². The Morgan fingerprint density at radius 2 is 2.04 bits per heavy atom. The Morgan fingerprint density at radius 3 is 2.75 bits per heavy atom. The predicted molar refractivity (Wildman–Crippen MR) is 95.9 cm³/mol. The van der Waals surface area contributed by atoms with Crippen LogP contribution < -0.4 is 5.32 Å². The molecule has 0 spiro atoms. The van der Waals surface area contributed by atoms with Crippen LogP contribution in [0.3, 0.4) is 0 Å². The minimum Gasteiger partial charge on any atom is -0.353 e. The van der Waals surface area contributed by atoms with Crippen LogP contribution in [0.1, 0.15) is 43.5 Å². The molecule has 24 heavy (non-hydrogen) atoms. The molecule has 2 saturated heterocycles. The molecule has 1 N–H and O–H groups in total. The average molecular weight is 349 g/mol. The van der Waals surface area contributed by atoms with Crippen LogP contribution in [0.15, 0.2) is 11.6 Å². The Kier molecular flexibility index (Phi) is 5.15. The number of carbonyl (C=O) groups excluding carboxylic acids is 1. The van der Waals surface area contributed by atoms with Crippen LogP contribution in [0.2, 0.25) is 0 Å². The number of thiazole rings is 1. The van der Waals surface area contributed by atoms with Gasteiger partial charge in [0.2, 0.25) is 5.91 Å². The van der Waals surface area contributed by atoms with Crippen molar-refractivity contribution in [3.63, 3.8) is 0 Å². The predicted octanol–water partition coefficient (Wildman–Crippen LogP) is 2.10. The molecule has 6 heteroatoms. The van der Waals surface area contributed by atoms with Crippen molar-refractivity contribution >= 4 is 17.2 Å². The van der Waals surface area contributed by atoms with Gasteiger partial charge in [0.25, 0.3) is 0 Å². The van der Waals surface area contributed by atoms with E-state index < -0.39 is 0 Å². The second-order valence-electron chi connectivity index (χ2n) is 7.55. The summed E-state index contributed by atoms with van der Waals surface area (Å²) in [5.41, 5.74) is 0. The first-order chi connectivity index (χ1) is 11.8. The first kappa shape index (κ1) is 16.5. The Labute approximate surface area is 148 Å². The van der Waals surface area contributed by atoms with Crippen LogP contribution in [0.25, 0.3) is 0 Å². The minimum atomic E-state index is 0.215. The lowest BCUT2D eigenvalue weighted by Crippen LogP contribution is -2.50. The maximum Gasteiger partial charge on any atom is 0.224 e. The van der Waals surface area contributed by atoms with Crippen LogP contribution >= 0.6 is 11.3 Å². The van der Waals surface area contributed by atoms with E-state index in [4.69, 9.17) is 0 Å². The molecule has 1 saturated carbocycles. The van der Waals surface area contributed by atoms with E-state index in [2.05, 4.69) is 25.5 Å². The summed E-state index contributed by atoms with van der Waals surface area (Å²) in [4.78, 5) is 21.9. The van der Waals surface area contributed by atoms with Crippen molar-refractivity contribution < 1.29 is 4.79 Å². The lowest BCUT2D eigenvalue weighted by atomic mass is 9.93. The number of amides is 1. The summed E-state index contributed by atoms with van der Waals surface area (Å²) in [6, 6.07) is 1.15. The van der Waals surface area contributed by atoms with Gasteiger partial charge in [-0.1, -0.05) is 0 Å². The van der Waals surface area contributed by atoms with Gasteiger partial charge in [0, 0.05) is 43.3 Å². The van der Waals surface area contributed by atoms with E-state index in [1.54, 1.807) is 11.3 Å². The molecule has 132 valence electrons. The number of piperidine rings is 2. The summed E-state index contributed by atoms with van der Waals surface area (Å²) in [5, 5.41) is 6.48. The standard InChI is InChI=1S/C18H28N4OS/c23-18(20-15-3-4-15)14-2-1-8-22(12-14)16-5-9-21(10-6-16)13-17-19-7-11-24-17/h7,11,14-16H,1-6,8-10,12-13H2,(H,20,23)/t14-/m0/s1. The molecule has 0 bridgehead atoms. The third kappa shape index (κ3) is 4.16. The number of hydrogen-bond acceptors (Lipinski definition) is 5. The molecular weight excluding hydrogens is 320 g/mol. The molecule has 1 aromatic rings. The zero-order chi connectivity index (χ0) is 16.4. The highest BCUT2D eigenvalue weighted by Gasteiger charge is 2.33. The maximum atomic E-state index is 12.4. The van der Waals surface area contributed by atoms with Gasteiger partial charge in [0.05, 0.1) is 12.5 Å². The number of aromatic nitrogens is 1. The fourth-order valence-corrected chi connectivity index (χ4v) is 4.72. The topological polar surface area (TPSA) is 48.5 Å². The first-order valence-corrected chi connectivity index (χ1v) is 10.3. The number of nitrogens with zero attached hydrogens (tertiary/aromatic N) is 3. The number of carbonyl (C=O) groups is 1. The van der Waals surface area contributed by atoms with Crippen LogP contribution in [0.4, 0.5) is 0 Å². The molecule has 0 radical (unpaired) electrons. The molecule has 3 aliphatic rings. The van der Waals surface area contributed by atoms with Gasteiger partial charge in [-0.05, 0) is 45.1 Å². The molecule has 3 heterocycles. The number of nitrogens with one attached hydrogen (secondary N) is 1. The smallest absolute Gasteiger partial charge is 0.224 e. The summed E-state index contributed by atoms with van der Waals surface area (Å²) in [6.45, 7) is 5.44. The van der Waals surface area contributed by atoms with Crippen molar-refractivity contribution in [1.82, 2.24) is 20.1 Å². The quantitative estimate of drug-likeness (QED) is 0.885. The average Bonchev–Trinajstić information content (AvgIpc) is 3.28. The highest BCUT2D eigenvalue weighted by Crippen LogP contribution is 2.26. The zero-order valence-corrected chi connectivity index (χ0v) is 15.1. The molecule has 1 aliphatic carbocycles. The molecule has 2 aliphatic heterocycles. The molecule has 5 nitrogen and oxygen atoms in total. The molecule has 0 aromatic carbocycles. The van der Waals surface area contributed by atoms with E-state index >= 15 is 0 Å². The van der Waals surface area contributed by atoms with Gasteiger partial charge < -0.3 is 5.32 Å². The third-order valence-corrected chi connectivity index (χ3v) is 6.43. The summed E-state index contributed by atoms with van der Waals surface area (Å²) >= 11 is 1.75. The van der Waals surface area contributed by atoms with E-state index in [0.29, 0.717) is 18.0 Å². The van der Waals surface area contributed by atoms with Gasteiger partial charge in [0.1, 0.15) is 5.01 Å². The lowest BCUT2D eigenvalue weighted by molar-refractivity contribution is -0.127. The lowest BCUT2D eigenvalue weighted by Gasteiger charge is -2.41. The molecule has 1 amide bonds. The maximum absolute atomic E-state index is 12.4. The summed E-state index contributed by atoms with van der Waals surface area (Å²) in [6.07, 6.45) is 8.94. The molecule has 4 rings (SSSR count). The summed E-state index contributed by atoms with van der Waals surface area (Å²) in [7, 11) is 0. The van der Waals surface area contributed by atoms with Crippen LogP contribution in [0.5, 0.6) is 0 Å². The van der Waals surface area contributed by atoms with E-state index in [0.717, 1.165) is 32.6 Å². The normalized spacial score (nSPS) is 27.2. The van der Waals surface area contributed by atoms with Crippen molar-refractivity contribution in [2.45, 2.75) is 57.2 Å². The van der Waals surface area contributed by atoms with Crippen LogP contribution in [0, 0.1) is 5.92 Å². The highest BCUT2D eigenvalue weighted by molar-refractivity contribution is 7.09. The third-order valence-electron chi connectivity index (χ3n) is 5.66. The van der Waals surface area contributed by atoms with Crippen LogP contribution in [-0.2, 0) is 11.3 Å². The van der Waals surface area contributed by atoms with Gasteiger partial charge in [-0.3, -0.25) is 14.6 Å². The highest BCUT2D eigenvalue weighted by atomic mass is 32.1. The zero-order valence-electron chi connectivity index (χ0n) is 14.3. The fraction of sp³-hybridized carbons (Fsp3) is 0.778. The molecule has 3 fully saturated rings. The van der Waals surface area contributed by atoms with Gasteiger partial charge in [0.15, 0.2) is 0 Å². The summed E-state index contributed by atoms with van der Waals surface area (Å²) in [5.74, 6) is 0.524. The fourth-order valence-electron chi connectivity index (χ4n) is 4.06. The number of hydrogen-bond donors (Lipinski definition) is 1. The first-order valence-electron chi connectivity index (χ1n) is 9.43. The molecule has 0 unspecified atom stereocenters.